The minimum Gasteiger partial charge on any atom is -0.301 e. The highest BCUT2D eigenvalue weighted by Crippen LogP contribution is 2.23. The first kappa shape index (κ1) is 7.24. The van der Waals surface area contributed by atoms with Gasteiger partial charge in [-0.1, -0.05) is 0 Å². The molecule has 2 heteroatoms. The molecule has 2 atom stereocenters. The Morgan fingerprint density at radius 1 is 1.15 bits per heavy atom. The molecule has 0 radical (unpaired) electrons. The Morgan fingerprint density at radius 2 is 1.77 bits per heavy atom. The van der Waals surface area contributed by atoms with Crippen molar-refractivity contribution in [2.45, 2.75) is 52.2 Å². The lowest BCUT2D eigenvalue weighted by molar-refractivity contribution is -0.00568. The van der Waals surface area contributed by atoms with Crippen molar-refractivity contribution in [3.8, 4) is 0 Å². The lowest BCUT2D eigenvalue weighted by Gasteiger charge is -2.49. The molecule has 78 valence electrons. The number of hydrogen-bond acceptors (Lipinski definition) is 2. The molecule has 0 aromatic rings. The van der Waals surface area contributed by atoms with E-state index in [0.717, 1.165) is 6.54 Å². The van der Waals surface area contributed by atoms with Crippen LogP contribution in [0.15, 0.2) is 0 Å². The standard InChI is InChI=1S/C11H24N2/c1-9-10(2)13(11(3,4)5)8-7-12(9)6/h9-10H,7-8H2,1-6H3/t9-,10-/m1/s1/i6D3. The van der Waals surface area contributed by atoms with Crippen molar-refractivity contribution in [1.82, 2.24) is 9.80 Å². The van der Waals surface area contributed by atoms with Gasteiger partial charge in [-0.15, -0.1) is 0 Å². The summed E-state index contributed by atoms with van der Waals surface area (Å²) in [5.41, 5.74) is 0.106. The van der Waals surface area contributed by atoms with Crippen molar-refractivity contribution in [3.05, 3.63) is 0 Å². The van der Waals surface area contributed by atoms with Gasteiger partial charge in [0.15, 0.2) is 0 Å². The zero-order valence-electron chi connectivity index (χ0n) is 12.5. The van der Waals surface area contributed by atoms with Crippen LogP contribution >= 0.6 is 0 Å². The highest BCUT2D eigenvalue weighted by Gasteiger charge is 2.34. The third-order valence-electron chi connectivity index (χ3n) is 3.12. The van der Waals surface area contributed by atoms with E-state index >= 15 is 0 Å². The maximum atomic E-state index is 7.51. The van der Waals surface area contributed by atoms with E-state index in [1.807, 2.05) is 6.92 Å². The zero-order chi connectivity index (χ0) is 12.7. The van der Waals surface area contributed by atoms with Gasteiger partial charge in [-0.3, -0.25) is 4.90 Å². The molecule has 0 amide bonds. The average Bonchev–Trinajstić information content (AvgIpc) is 2.05. The second-order valence-electron chi connectivity index (χ2n) is 5.04. The summed E-state index contributed by atoms with van der Waals surface area (Å²) < 4.78 is 22.5. The van der Waals surface area contributed by atoms with Gasteiger partial charge < -0.3 is 4.90 Å². The smallest absolute Gasteiger partial charge is 0.0394 e. The molecule has 1 rings (SSSR count). The molecule has 1 saturated heterocycles. The molecule has 1 aliphatic rings. The number of hydrogen-bond donors (Lipinski definition) is 0. The summed E-state index contributed by atoms with van der Waals surface area (Å²) in [4.78, 5) is 4.03. The van der Waals surface area contributed by atoms with Crippen LogP contribution in [0.3, 0.4) is 0 Å². The first-order chi connectivity index (χ1) is 7.05. The fourth-order valence-electron chi connectivity index (χ4n) is 2.09. The summed E-state index contributed by atoms with van der Waals surface area (Å²) >= 11 is 0. The van der Waals surface area contributed by atoms with Gasteiger partial charge in [0, 0.05) is 34.8 Å². The molecular weight excluding hydrogens is 160 g/mol. The van der Waals surface area contributed by atoms with Gasteiger partial charge in [-0.25, -0.2) is 0 Å². The highest BCUT2D eigenvalue weighted by molar-refractivity contribution is 4.90. The Labute approximate surface area is 87.1 Å². The normalized spacial score (nSPS) is 38.1. The lowest BCUT2D eigenvalue weighted by Crippen LogP contribution is -2.61. The van der Waals surface area contributed by atoms with E-state index in [2.05, 4.69) is 32.6 Å². The summed E-state index contributed by atoms with van der Waals surface area (Å²) in [6.07, 6.45) is 0. The third-order valence-corrected chi connectivity index (χ3v) is 3.12. The number of rotatable bonds is 0. The SMILES string of the molecule is [2H]C([2H])([2H])N1CCN(C(C)(C)C)[C@H](C)[C@H]1C. The third kappa shape index (κ3) is 2.23. The molecule has 1 heterocycles. The monoisotopic (exact) mass is 187 g/mol. The summed E-state index contributed by atoms with van der Waals surface area (Å²) in [6, 6.07) is 0.342. The minimum absolute atomic E-state index is 0.0699. The van der Waals surface area contributed by atoms with E-state index in [-0.39, 0.29) is 17.6 Å². The second kappa shape index (κ2) is 3.58. The maximum Gasteiger partial charge on any atom is 0.0394 e. The molecule has 0 aromatic carbocycles. The largest absolute Gasteiger partial charge is 0.301 e. The van der Waals surface area contributed by atoms with Crippen LogP contribution in [-0.4, -0.2) is 47.5 Å². The fourth-order valence-corrected chi connectivity index (χ4v) is 2.09. The van der Waals surface area contributed by atoms with E-state index in [9.17, 15) is 0 Å². The van der Waals surface area contributed by atoms with Crippen LogP contribution in [0, 0.1) is 0 Å². The van der Waals surface area contributed by atoms with Crippen molar-refractivity contribution in [1.29, 1.82) is 0 Å². The van der Waals surface area contributed by atoms with Crippen LogP contribution in [0.5, 0.6) is 0 Å². The number of nitrogens with zero attached hydrogens (tertiary/aromatic N) is 2. The summed E-state index contributed by atoms with van der Waals surface area (Å²) in [5.74, 6) is 0. The highest BCUT2D eigenvalue weighted by atomic mass is 15.3. The van der Waals surface area contributed by atoms with Crippen molar-refractivity contribution >= 4 is 0 Å². The van der Waals surface area contributed by atoms with Gasteiger partial charge in [-0.05, 0) is 41.6 Å². The first-order valence-electron chi connectivity index (χ1n) is 6.58. The molecule has 2 nitrogen and oxygen atoms in total. The fraction of sp³-hybridized carbons (Fsp3) is 1.00. The molecule has 13 heavy (non-hydrogen) atoms. The van der Waals surface area contributed by atoms with Crippen LogP contribution in [0.4, 0.5) is 0 Å². The van der Waals surface area contributed by atoms with Gasteiger partial charge in [0.2, 0.25) is 0 Å². The van der Waals surface area contributed by atoms with Crippen LogP contribution in [0.2, 0.25) is 0 Å². The Hall–Kier alpha value is -0.0800. The van der Waals surface area contributed by atoms with Gasteiger partial charge >= 0.3 is 0 Å². The molecule has 0 unspecified atom stereocenters. The Morgan fingerprint density at radius 3 is 2.23 bits per heavy atom. The number of likely N-dealkylation sites (N-methyl/N-ethyl adjacent to an activating group) is 1. The molecule has 0 N–H and O–H groups in total. The van der Waals surface area contributed by atoms with Crippen molar-refractivity contribution in [2.75, 3.05) is 20.1 Å². The molecule has 1 fully saturated rings. The van der Waals surface area contributed by atoms with Crippen LogP contribution in [0.1, 0.15) is 38.7 Å². The Kier molecular flexibility index (Phi) is 2.00. The summed E-state index contributed by atoms with van der Waals surface area (Å²) in [6.45, 7) is 10.2. The molecule has 0 saturated carbocycles. The van der Waals surface area contributed by atoms with E-state index < -0.39 is 6.98 Å². The van der Waals surface area contributed by atoms with Gasteiger partial charge in [0.05, 0.1) is 0 Å². The molecule has 0 aliphatic carbocycles. The minimum atomic E-state index is -1.96. The molecule has 0 bridgehead atoms. The quantitative estimate of drug-likeness (QED) is 0.571. The van der Waals surface area contributed by atoms with E-state index in [4.69, 9.17) is 4.11 Å². The average molecular weight is 187 g/mol. The van der Waals surface area contributed by atoms with Gasteiger partial charge in [0.25, 0.3) is 0 Å². The Bertz CT molecular complexity index is 219. The van der Waals surface area contributed by atoms with Crippen LogP contribution in [-0.2, 0) is 0 Å². The van der Waals surface area contributed by atoms with Crippen LogP contribution < -0.4 is 0 Å². The predicted octanol–water partition coefficient (Wildman–Crippen LogP) is 1.81. The predicted molar refractivity (Wildman–Crippen MR) is 58.0 cm³/mol. The van der Waals surface area contributed by atoms with E-state index in [1.165, 1.54) is 0 Å². The first-order valence-corrected chi connectivity index (χ1v) is 5.08. The topological polar surface area (TPSA) is 6.48 Å². The Balaban J connectivity index is 2.81. The van der Waals surface area contributed by atoms with Gasteiger partial charge in [0.1, 0.15) is 0 Å². The molecule has 1 aliphatic heterocycles. The number of piperazine rings is 1. The van der Waals surface area contributed by atoms with Crippen molar-refractivity contribution < 1.29 is 4.11 Å². The van der Waals surface area contributed by atoms with Crippen LogP contribution in [0.25, 0.3) is 0 Å². The lowest BCUT2D eigenvalue weighted by atomic mass is 9.97. The summed E-state index contributed by atoms with van der Waals surface area (Å²) in [7, 11) is 0. The molecular formula is C11H24N2. The summed E-state index contributed by atoms with van der Waals surface area (Å²) in [5, 5.41) is 0. The second-order valence-corrected chi connectivity index (χ2v) is 5.04. The zero-order valence-corrected chi connectivity index (χ0v) is 9.46. The molecule has 0 spiro atoms. The van der Waals surface area contributed by atoms with Crippen molar-refractivity contribution in [2.24, 2.45) is 0 Å². The van der Waals surface area contributed by atoms with E-state index in [1.54, 1.807) is 4.90 Å². The van der Waals surface area contributed by atoms with Gasteiger partial charge in [-0.2, -0.15) is 0 Å². The van der Waals surface area contributed by atoms with E-state index in [0.29, 0.717) is 6.54 Å². The van der Waals surface area contributed by atoms with Crippen molar-refractivity contribution in [3.63, 3.8) is 0 Å². The maximum absolute atomic E-state index is 7.51. The molecule has 0 aromatic heterocycles.